The fourth-order valence-electron chi connectivity index (χ4n) is 1.95. The van der Waals surface area contributed by atoms with Gasteiger partial charge < -0.3 is 4.42 Å². The zero-order valence-electron chi connectivity index (χ0n) is 12.0. The average molecular weight is 313 g/mol. The molecule has 23 heavy (non-hydrogen) atoms. The van der Waals surface area contributed by atoms with Crippen LogP contribution in [0.1, 0.15) is 11.6 Å². The van der Waals surface area contributed by atoms with E-state index in [1.54, 1.807) is 13.0 Å². The second kappa shape index (κ2) is 5.79. The second-order valence-corrected chi connectivity index (χ2v) is 4.78. The van der Waals surface area contributed by atoms with E-state index in [4.69, 9.17) is 4.42 Å². The Balaban J connectivity index is 1.84. The minimum Gasteiger partial charge on any atom is -0.419 e. The van der Waals surface area contributed by atoms with Crippen molar-refractivity contribution in [2.75, 3.05) is 0 Å². The molecule has 0 fully saturated rings. The van der Waals surface area contributed by atoms with Crippen molar-refractivity contribution in [2.24, 2.45) is 0 Å². The zero-order valence-corrected chi connectivity index (χ0v) is 12.0. The fourth-order valence-corrected chi connectivity index (χ4v) is 1.95. The Morgan fingerprint density at radius 1 is 1.17 bits per heavy atom. The number of benzene rings is 1. The molecule has 3 rings (SSSR count). The number of nitro groups is 1. The van der Waals surface area contributed by atoms with E-state index in [0.717, 1.165) is 0 Å². The maximum absolute atomic E-state index is 11.7. The molecule has 2 heterocycles. The van der Waals surface area contributed by atoms with E-state index < -0.39 is 4.92 Å². The van der Waals surface area contributed by atoms with Gasteiger partial charge in [0.1, 0.15) is 6.54 Å². The summed E-state index contributed by atoms with van der Waals surface area (Å²) in [5, 5.41) is 22.5. The van der Waals surface area contributed by atoms with E-state index in [1.165, 1.54) is 35.0 Å². The summed E-state index contributed by atoms with van der Waals surface area (Å²) in [6, 6.07) is 8.78. The highest BCUT2D eigenvalue weighted by molar-refractivity contribution is 5.55. The minimum atomic E-state index is -0.487. The van der Waals surface area contributed by atoms with Crippen molar-refractivity contribution >= 4 is 5.69 Å². The average Bonchev–Trinajstić information content (AvgIpc) is 2.99. The zero-order chi connectivity index (χ0) is 16.4. The van der Waals surface area contributed by atoms with Crippen LogP contribution in [0.25, 0.3) is 11.5 Å². The topological polar surface area (TPSA) is 117 Å². The molecule has 0 N–H and O–H groups in total. The molecule has 0 aliphatic rings. The first-order chi connectivity index (χ1) is 11.0. The summed E-state index contributed by atoms with van der Waals surface area (Å²) in [5.74, 6) is 0.439. The molecule has 9 nitrogen and oxygen atoms in total. The third kappa shape index (κ3) is 3.12. The molecule has 0 saturated carbocycles. The van der Waals surface area contributed by atoms with E-state index >= 15 is 0 Å². The number of hydrogen-bond acceptors (Lipinski definition) is 7. The first kappa shape index (κ1) is 14.6. The minimum absolute atomic E-state index is 0.0241. The second-order valence-electron chi connectivity index (χ2n) is 4.78. The van der Waals surface area contributed by atoms with Gasteiger partial charge in [-0.2, -0.15) is 5.10 Å². The molecular formula is C14H11N5O4. The van der Waals surface area contributed by atoms with Gasteiger partial charge in [0.15, 0.2) is 0 Å². The highest BCUT2D eigenvalue weighted by Gasteiger charge is 2.12. The third-order valence-corrected chi connectivity index (χ3v) is 3.08. The van der Waals surface area contributed by atoms with Crippen molar-refractivity contribution < 1.29 is 9.34 Å². The standard InChI is InChI=1S/C14H11N5O4/c1-9-2-7-13(20)18(17-9)8-12-15-16-14(23-12)10-3-5-11(6-4-10)19(21)22/h2-7H,8H2,1H3. The van der Waals surface area contributed by atoms with Crippen LogP contribution in [0.5, 0.6) is 0 Å². The van der Waals surface area contributed by atoms with Crippen LogP contribution in [0, 0.1) is 17.0 Å². The maximum Gasteiger partial charge on any atom is 0.269 e. The number of rotatable bonds is 4. The van der Waals surface area contributed by atoms with Crippen LogP contribution >= 0.6 is 0 Å². The highest BCUT2D eigenvalue weighted by atomic mass is 16.6. The number of nitro benzene ring substituents is 1. The molecule has 116 valence electrons. The molecule has 2 aromatic heterocycles. The van der Waals surface area contributed by atoms with Gasteiger partial charge in [-0.3, -0.25) is 14.9 Å². The molecular weight excluding hydrogens is 302 g/mol. The Hall–Kier alpha value is -3.36. The quantitative estimate of drug-likeness (QED) is 0.530. The van der Waals surface area contributed by atoms with Crippen molar-refractivity contribution in [3.63, 3.8) is 0 Å². The maximum atomic E-state index is 11.7. The van der Waals surface area contributed by atoms with Crippen molar-refractivity contribution in [3.05, 3.63) is 68.5 Å². The van der Waals surface area contributed by atoms with E-state index in [-0.39, 0.29) is 29.6 Å². The third-order valence-electron chi connectivity index (χ3n) is 3.08. The van der Waals surface area contributed by atoms with Crippen LogP contribution in [-0.4, -0.2) is 24.9 Å². The number of hydrogen-bond donors (Lipinski definition) is 0. The van der Waals surface area contributed by atoms with Crippen LogP contribution in [0.3, 0.4) is 0 Å². The lowest BCUT2D eigenvalue weighted by atomic mass is 10.2. The van der Waals surface area contributed by atoms with Crippen LogP contribution in [-0.2, 0) is 6.54 Å². The van der Waals surface area contributed by atoms with Crippen molar-refractivity contribution in [1.29, 1.82) is 0 Å². The van der Waals surface area contributed by atoms with Crippen molar-refractivity contribution in [2.45, 2.75) is 13.5 Å². The lowest BCUT2D eigenvalue weighted by Crippen LogP contribution is -2.23. The predicted octanol–water partition coefficient (Wildman–Crippen LogP) is 1.56. The van der Waals surface area contributed by atoms with Gasteiger partial charge in [-0.15, -0.1) is 10.2 Å². The first-order valence-electron chi connectivity index (χ1n) is 6.65. The summed E-state index contributed by atoms with van der Waals surface area (Å²) in [7, 11) is 0. The van der Waals surface area contributed by atoms with Gasteiger partial charge in [0, 0.05) is 23.8 Å². The number of nitrogens with zero attached hydrogens (tertiary/aromatic N) is 5. The van der Waals surface area contributed by atoms with E-state index in [2.05, 4.69) is 15.3 Å². The van der Waals surface area contributed by atoms with E-state index in [9.17, 15) is 14.9 Å². The summed E-state index contributed by atoms with van der Waals surface area (Å²) >= 11 is 0. The monoisotopic (exact) mass is 313 g/mol. The van der Waals surface area contributed by atoms with E-state index in [0.29, 0.717) is 11.3 Å². The fraction of sp³-hybridized carbons (Fsp3) is 0.143. The molecule has 0 radical (unpaired) electrons. The van der Waals surface area contributed by atoms with Gasteiger partial charge >= 0.3 is 0 Å². The Kier molecular flexibility index (Phi) is 3.67. The van der Waals surface area contributed by atoms with Gasteiger partial charge in [-0.05, 0) is 25.1 Å². The molecule has 3 aromatic rings. The normalized spacial score (nSPS) is 10.7. The molecule has 9 heteroatoms. The number of non-ortho nitro benzene ring substituents is 1. The first-order valence-corrected chi connectivity index (χ1v) is 6.65. The molecule has 0 aliphatic carbocycles. The van der Waals surface area contributed by atoms with Crippen LogP contribution in [0.15, 0.2) is 45.6 Å². The summed E-state index contributed by atoms with van der Waals surface area (Å²) in [6.45, 7) is 1.83. The van der Waals surface area contributed by atoms with Crippen LogP contribution in [0.2, 0.25) is 0 Å². The Bertz CT molecular complexity index is 913. The Labute approximate surface area is 129 Å². The smallest absolute Gasteiger partial charge is 0.269 e. The number of aryl methyl sites for hydroxylation is 1. The summed E-state index contributed by atoms with van der Waals surface area (Å²) in [6.07, 6.45) is 0. The van der Waals surface area contributed by atoms with Crippen LogP contribution < -0.4 is 5.56 Å². The van der Waals surface area contributed by atoms with Crippen molar-refractivity contribution in [1.82, 2.24) is 20.0 Å². The molecule has 0 spiro atoms. The lowest BCUT2D eigenvalue weighted by molar-refractivity contribution is -0.384. The molecule has 0 atom stereocenters. The molecule has 1 aromatic carbocycles. The molecule has 0 saturated heterocycles. The van der Waals surface area contributed by atoms with Gasteiger partial charge in [0.25, 0.3) is 11.2 Å². The molecule has 0 amide bonds. The summed E-state index contributed by atoms with van der Waals surface area (Å²) in [5.41, 5.74) is 0.952. The summed E-state index contributed by atoms with van der Waals surface area (Å²) < 4.78 is 6.70. The predicted molar refractivity (Wildman–Crippen MR) is 78.7 cm³/mol. The lowest BCUT2D eigenvalue weighted by Gasteiger charge is -2.01. The molecule has 0 bridgehead atoms. The number of aromatic nitrogens is 4. The van der Waals surface area contributed by atoms with Gasteiger partial charge in [0.2, 0.25) is 11.8 Å². The van der Waals surface area contributed by atoms with Crippen LogP contribution in [0.4, 0.5) is 5.69 Å². The summed E-state index contributed by atoms with van der Waals surface area (Å²) in [4.78, 5) is 21.8. The van der Waals surface area contributed by atoms with E-state index in [1.807, 2.05) is 0 Å². The van der Waals surface area contributed by atoms with Gasteiger partial charge in [0.05, 0.1) is 10.6 Å². The van der Waals surface area contributed by atoms with Gasteiger partial charge in [-0.1, -0.05) is 0 Å². The Morgan fingerprint density at radius 3 is 2.61 bits per heavy atom. The van der Waals surface area contributed by atoms with Gasteiger partial charge in [-0.25, -0.2) is 4.68 Å². The SMILES string of the molecule is Cc1ccc(=O)n(Cc2nnc(-c3ccc([N+](=O)[O-])cc3)o2)n1. The highest BCUT2D eigenvalue weighted by Crippen LogP contribution is 2.21. The van der Waals surface area contributed by atoms with Crippen molar-refractivity contribution in [3.8, 4) is 11.5 Å². The molecule has 0 aliphatic heterocycles. The largest absolute Gasteiger partial charge is 0.419 e. The molecule has 0 unspecified atom stereocenters. The Morgan fingerprint density at radius 2 is 1.91 bits per heavy atom.